The number of thioether (sulfide) groups is 1. The van der Waals surface area contributed by atoms with Crippen molar-refractivity contribution in [2.75, 3.05) is 12.9 Å². The van der Waals surface area contributed by atoms with E-state index in [9.17, 15) is 9.59 Å². The zero-order chi connectivity index (χ0) is 16.0. The molecule has 0 unspecified atom stereocenters. The lowest BCUT2D eigenvalue weighted by Gasteiger charge is -2.41. The molecule has 1 saturated carbocycles. The van der Waals surface area contributed by atoms with Crippen LogP contribution in [-0.4, -0.2) is 35.4 Å². The van der Waals surface area contributed by atoms with Crippen LogP contribution < -0.4 is 10.1 Å². The fourth-order valence-corrected chi connectivity index (χ4v) is 3.38. The summed E-state index contributed by atoms with van der Waals surface area (Å²) in [6, 6.07) is 7.69. The van der Waals surface area contributed by atoms with Crippen molar-refractivity contribution in [2.24, 2.45) is 0 Å². The summed E-state index contributed by atoms with van der Waals surface area (Å²) in [4.78, 5) is 23.9. The van der Waals surface area contributed by atoms with Crippen molar-refractivity contribution < 1.29 is 19.4 Å². The van der Waals surface area contributed by atoms with Gasteiger partial charge < -0.3 is 15.2 Å². The number of hydrogen-bond donors (Lipinski definition) is 2. The molecule has 0 aromatic heterocycles. The van der Waals surface area contributed by atoms with Crippen LogP contribution in [0, 0.1) is 0 Å². The predicted octanol–water partition coefficient (Wildman–Crippen LogP) is 2.69. The van der Waals surface area contributed by atoms with Gasteiger partial charge in [-0.25, -0.2) is 0 Å². The maximum atomic E-state index is 12.0. The number of ether oxygens (including phenoxy) is 1. The van der Waals surface area contributed by atoms with Crippen LogP contribution in [-0.2, 0) is 9.59 Å². The van der Waals surface area contributed by atoms with Crippen molar-refractivity contribution in [2.45, 2.75) is 42.5 Å². The zero-order valence-electron chi connectivity index (χ0n) is 12.6. The number of nitrogens with one attached hydrogen (secondary N) is 1. The van der Waals surface area contributed by atoms with Gasteiger partial charge in [0.15, 0.2) is 0 Å². The molecule has 0 atom stereocenters. The normalized spacial score (nSPS) is 15.7. The fourth-order valence-electron chi connectivity index (χ4n) is 2.53. The fraction of sp³-hybridized carbons (Fsp3) is 0.500. The van der Waals surface area contributed by atoms with Crippen LogP contribution in [0.15, 0.2) is 29.2 Å². The molecule has 6 heteroatoms. The predicted molar refractivity (Wildman–Crippen MR) is 85.3 cm³/mol. The first-order valence-corrected chi connectivity index (χ1v) is 8.31. The molecule has 0 aliphatic heterocycles. The van der Waals surface area contributed by atoms with Gasteiger partial charge in [0.25, 0.3) is 0 Å². The summed E-state index contributed by atoms with van der Waals surface area (Å²) in [5.74, 6) is 0.554. The number of rotatable bonds is 8. The first-order valence-electron chi connectivity index (χ1n) is 7.33. The highest BCUT2D eigenvalue weighted by Crippen LogP contribution is 2.35. The third-order valence-electron chi connectivity index (χ3n) is 3.86. The van der Waals surface area contributed by atoms with Gasteiger partial charge in [0.1, 0.15) is 5.75 Å². The minimum Gasteiger partial charge on any atom is -0.497 e. The van der Waals surface area contributed by atoms with Gasteiger partial charge in [-0.2, -0.15) is 0 Å². The second kappa shape index (κ2) is 7.54. The van der Waals surface area contributed by atoms with Crippen molar-refractivity contribution in [3.05, 3.63) is 24.3 Å². The van der Waals surface area contributed by atoms with Crippen LogP contribution in [0.1, 0.15) is 32.1 Å². The summed E-state index contributed by atoms with van der Waals surface area (Å²) in [6.07, 6.45) is 2.91. The van der Waals surface area contributed by atoms with Crippen molar-refractivity contribution in [3.63, 3.8) is 0 Å². The number of carbonyl (C=O) groups is 2. The Morgan fingerprint density at radius 1 is 1.32 bits per heavy atom. The number of carboxylic acid groups (broad SMARTS) is 1. The Morgan fingerprint density at radius 2 is 2.00 bits per heavy atom. The average Bonchev–Trinajstić information content (AvgIpc) is 2.45. The highest BCUT2D eigenvalue weighted by Gasteiger charge is 2.40. The van der Waals surface area contributed by atoms with E-state index in [1.54, 1.807) is 18.9 Å². The topological polar surface area (TPSA) is 75.6 Å². The number of carboxylic acids is 1. The van der Waals surface area contributed by atoms with E-state index in [4.69, 9.17) is 9.84 Å². The highest BCUT2D eigenvalue weighted by molar-refractivity contribution is 7.99. The van der Waals surface area contributed by atoms with E-state index in [1.807, 2.05) is 24.3 Å². The Balaban J connectivity index is 1.74. The summed E-state index contributed by atoms with van der Waals surface area (Å²) in [5.41, 5.74) is -0.506. The summed E-state index contributed by atoms with van der Waals surface area (Å²) in [5, 5.41) is 11.8. The molecule has 1 fully saturated rings. The Kier molecular flexibility index (Phi) is 5.71. The lowest BCUT2D eigenvalue weighted by atomic mass is 9.74. The molecule has 5 nitrogen and oxygen atoms in total. The van der Waals surface area contributed by atoms with E-state index in [1.165, 1.54) is 0 Å². The number of hydrogen-bond acceptors (Lipinski definition) is 4. The molecule has 1 aliphatic rings. The first kappa shape index (κ1) is 16.7. The van der Waals surface area contributed by atoms with Crippen LogP contribution in [0.3, 0.4) is 0 Å². The molecule has 0 heterocycles. The molecule has 1 aromatic rings. The van der Waals surface area contributed by atoms with Gasteiger partial charge in [-0.15, -0.1) is 11.8 Å². The molecular weight excluding hydrogens is 302 g/mol. The van der Waals surface area contributed by atoms with Gasteiger partial charge in [-0.3, -0.25) is 9.59 Å². The van der Waals surface area contributed by atoms with Crippen LogP contribution >= 0.6 is 11.8 Å². The van der Waals surface area contributed by atoms with Crippen molar-refractivity contribution in [1.29, 1.82) is 0 Å². The molecule has 2 rings (SSSR count). The van der Waals surface area contributed by atoms with E-state index >= 15 is 0 Å². The average molecular weight is 323 g/mol. The van der Waals surface area contributed by atoms with Crippen LogP contribution in [0.5, 0.6) is 5.75 Å². The van der Waals surface area contributed by atoms with Gasteiger partial charge in [0, 0.05) is 17.1 Å². The van der Waals surface area contributed by atoms with Gasteiger partial charge >= 0.3 is 5.97 Å². The van der Waals surface area contributed by atoms with E-state index in [-0.39, 0.29) is 12.3 Å². The molecule has 120 valence electrons. The Hall–Kier alpha value is -1.69. The van der Waals surface area contributed by atoms with Gasteiger partial charge in [-0.05, 0) is 43.5 Å². The number of carbonyl (C=O) groups excluding carboxylic acids is 1. The molecule has 0 spiro atoms. The maximum absolute atomic E-state index is 12.0. The van der Waals surface area contributed by atoms with Crippen LogP contribution in [0.2, 0.25) is 0 Å². The van der Waals surface area contributed by atoms with Crippen LogP contribution in [0.25, 0.3) is 0 Å². The van der Waals surface area contributed by atoms with E-state index < -0.39 is 11.5 Å². The lowest BCUT2D eigenvalue weighted by molar-refractivity contribution is -0.140. The Morgan fingerprint density at radius 3 is 2.50 bits per heavy atom. The number of amides is 1. The van der Waals surface area contributed by atoms with Crippen molar-refractivity contribution >= 4 is 23.6 Å². The third kappa shape index (κ3) is 4.66. The van der Waals surface area contributed by atoms with Gasteiger partial charge in [-0.1, -0.05) is 0 Å². The molecule has 1 aromatic carbocycles. The quantitative estimate of drug-likeness (QED) is 0.719. The SMILES string of the molecule is COc1ccc(SCCC(=O)NC2(CC(=O)O)CCC2)cc1. The third-order valence-corrected chi connectivity index (χ3v) is 4.88. The van der Waals surface area contributed by atoms with E-state index in [2.05, 4.69) is 5.32 Å². The molecule has 0 bridgehead atoms. The lowest BCUT2D eigenvalue weighted by Crippen LogP contribution is -2.54. The standard InChI is InChI=1S/C16H21NO4S/c1-21-12-3-5-13(6-4-12)22-10-7-14(18)17-16(8-2-9-16)11-15(19)20/h3-6H,2,7-11H2,1H3,(H,17,18)(H,19,20). The highest BCUT2D eigenvalue weighted by atomic mass is 32.2. The molecule has 22 heavy (non-hydrogen) atoms. The largest absolute Gasteiger partial charge is 0.497 e. The van der Waals surface area contributed by atoms with E-state index in [0.29, 0.717) is 12.2 Å². The summed E-state index contributed by atoms with van der Waals surface area (Å²) in [7, 11) is 1.62. The molecule has 0 saturated heterocycles. The monoisotopic (exact) mass is 323 g/mol. The number of aliphatic carboxylic acids is 1. The zero-order valence-corrected chi connectivity index (χ0v) is 13.4. The smallest absolute Gasteiger partial charge is 0.305 e. The second-order valence-corrected chi connectivity index (χ2v) is 6.69. The van der Waals surface area contributed by atoms with E-state index in [0.717, 1.165) is 29.9 Å². The van der Waals surface area contributed by atoms with Crippen molar-refractivity contribution in [1.82, 2.24) is 5.32 Å². The first-order chi connectivity index (χ1) is 10.5. The molecule has 1 aliphatic carbocycles. The molecule has 2 N–H and O–H groups in total. The van der Waals surface area contributed by atoms with Gasteiger partial charge in [0.05, 0.1) is 19.1 Å². The summed E-state index contributed by atoms with van der Waals surface area (Å²) >= 11 is 1.60. The Bertz CT molecular complexity index is 525. The number of methoxy groups -OCH3 is 1. The summed E-state index contributed by atoms with van der Waals surface area (Å²) in [6.45, 7) is 0. The van der Waals surface area contributed by atoms with Crippen LogP contribution in [0.4, 0.5) is 0 Å². The van der Waals surface area contributed by atoms with Gasteiger partial charge in [0.2, 0.25) is 5.91 Å². The minimum absolute atomic E-state index is 0.0182. The maximum Gasteiger partial charge on any atom is 0.305 e. The Labute approximate surface area is 134 Å². The summed E-state index contributed by atoms with van der Waals surface area (Å²) < 4.78 is 5.10. The van der Waals surface area contributed by atoms with Crippen molar-refractivity contribution in [3.8, 4) is 5.75 Å². The minimum atomic E-state index is -0.854. The molecular formula is C16H21NO4S. The molecule has 0 radical (unpaired) electrons. The number of benzene rings is 1. The molecule has 1 amide bonds. The second-order valence-electron chi connectivity index (χ2n) is 5.53.